The molecule has 0 atom stereocenters. The third-order valence-corrected chi connectivity index (χ3v) is 2.14. The average molecular weight is 238 g/mol. The zero-order valence-corrected chi connectivity index (χ0v) is 9.98. The molecule has 1 rings (SSSR count). The van der Waals surface area contributed by atoms with Crippen LogP contribution in [0.25, 0.3) is 0 Å². The number of carboxylic acids is 1. The van der Waals surface area contributed by atoms with Crippen LogP contribution in [-0.2, 0) is 4.74 Å². The Hall–Kier alpha value is -1.62. The highest BCUT2D eigenvalue weighted by atomic mass is 16.5. The van der Waals surface area contributed by atoms with Gasteiger partial charge in [0.05, 0.1) is 0 Å². The lowest BCUT2D eigenvalue weighted by Gasteiger charge is -2.08. The molecule has 0 saturated carbocycles. The van der Waals surface area contributed by atoms with E-state index in [2.05, 4.69) is 17.2 Å². The van der Waals surface area contributed by atoms with Crippen LogP contribution < -0.4 is 5.32 Å². The highest BCUT2D eigenvalue weighted by Gasteiger charge is 2.09. The number of ether oxygens (including phenoxy) is 1. The zero-order valence-electron chi connectivity index (χ0n) is 9.98. The lowest BCUT2D eigenvalue weighted by molar-refractivity contribution is 0.0697. The number of nitrogens with one attached hydrogen (secondary N) is 1. The summed E-state index contributed by atoms with van der Waals surface area (Å²) in [5.74, 6) is -0.557. The van der Waals surface area contributed by atoms with Gasteiger partial charge in [0.25, 0.3) is 0 Å². The minimum absolute atomic E-state index is 0.196. The highest BCUT2D eigenvalue weighted by molar-refractivity contribution is 5.92. The maximum absolute atomic E-state index is 10.9. The number of rotatable bonds is 8. The van der Waals surface area contributed by atoms with Crippen molar-refractivity contribution in [3.63, 3.8) is 0 Å². The Morgan fingerprint density at radius 3 is 3.06 bits per heavy atom. The lowest BCUT2D eigenvalue weighted by Crippen LogP contribution is -2.11. The number of anilines is 1. The lowest BCUT2D eigenvalue weighted by atomic mass is 10.2. The van der Waals surface area contributed by atoms with Crippen molar-refractivity contribution in [3.05, 3.63) is 23.9 Å². The van der Waals surface area contributed by atoms with Gasteiger partial charge >= 0.3 is 5.97 Å². The first-order valence-corrected chi connectivity index (χ1v) is 5.75. The number of hydrogen-bond acceptors (Lipinski definition) is 4. The largest absolute Gasteiger partial charge is 0.478 e. The van der Waals surface area contributed by atoms with Crippen LogP contribution in [0.1, 0.15) is 30.1 Å². The van der Waals surface area contributed by atoms with E-state index in [1.54, 1.807) is 12.3 Å². The van der Waals surface area contributed by atoms with Crippen LogP contribution >= 0.6 is 0 Å². The van der Waals surface area contributed by atoms with Gasteiger partial charge in [-0.2, -0.15) is 0 Å². The first kappa shape index (κ1) is 13.4. The Kier molecular flexibility index (Phi) is 6.03. The minimum Gasteiger partial charge on any atom is -0.478 e. The topological polar surface area (TPSA) is 71.5 Å². The molecule has 0 unspecified atom stereocenters. The third kappa shape index (κ3) is 4.82. The SMILES string of the molecule is CCCOCCCNc1ncccc1C(=O)O. The summed E-state index contributed by atoms with van der Waals surface area (Å²) >= 11 is 0. The van der Waals surface area contributed by atoms with E-state index in [1.165, 1.54) is 6.07 Å². The summed E-state index contributed by atoms with van der Waals surface area (Å²) in [5, 5.41) is 11.9. The Morgan fingerprint density at radius 1 is 1.53 bits per heavy atom. The molecule has 0 fully saturated rings. The molecule has 0 saturated heterocycles. The van der Waals surface area contributed by atoms with Crippen molar-refractivity contribution in [2.45, 2.75) is 19.8 Å². The highest BCUT2D eigenvalue weighted by Crippen LogP contribution is 2.10. The zero-order chi connectivity index (χ0) is 12.5. The standard InChI is InChI=1S/C12H18N2O3/c1-2-8-17-9-4-7-14-11-10(12(15)16)5-3-6-13-11/h3,5-6H,2,4,7-9H2,1H3,(H,13,14)(H,15,16). The molecule has 0 aromatic carbocycles. The van der Waals surface area contributed by atoms with Crippen LogP contribution in [0.15, 0.2) is 18.3 Å². The maximum atomic E-state index is 10.9. The van der Waals surface area contributed by atoms with Crippen molar-refractivity contribution in [2.24, 2.45) is 0 Å². The summed E-state index contributed by atoms with van der Waals surface area (Å²) in [5.41, 5.74) is 0.196. The van der Waals surface area contributed by atoms with Crippen LogP contribution in [0.3, 0.4) is 0 Å². The Morgan fingerprint density at radius 2 is 2.35 bits per heavy atom. The molecule has 0 bridgehead atoms. The van der Waals surface area contributed by atoms with Gasteiger partial charge in [-0.3, -0.25) is 0 Å². The van der Waals surface area contributed by atoms with Gasteiger partial charge in [-0.1, -0.05) is 6.92 Å². The molecule has 0 aliphatic carbocycles. The van der Waals surface area contributed by atoms with Crippen molar-refractivity contribution in [1.29, 1.82) is 0 Å². The first-order valence-electron chi connectivity index (χ1n) is 5.75. The van der Waals surface area contributed by atoms with Gasteiger partial charge in [-0.05, 0) is 25.0 Å². The monoisotopic (exact) mass is 238 g/mol. The molecule has 1 aromatic rings. The number of carboxylic acid groups (broad SMARTS) is 1. The molecule has 1 heterocycles. The Labute approximate surface area is 101 Å². The molecule has 0 aliphatic heterocycles. The molecule has 0 spiro atoms. The molecular formula is C12H18N2O3. The van der Waals surface area contributed by atoms with E-state index in [1.807, 2.05) is 0 Å². The van der Waals surface area contributed by atoms with Crippen molar-refractivity contribution in [3.8, 4) is 0 Å². The van der Waals surface area contributed by atoms with Crippen molar-refractivity contribution >= 4 is 11.8 Å². The van der Waals surface area contributed by atoms with Gasteiger partial charge in [-0.25, -0.2) is 9.78 Å². The van der Waals surface area contributed by atoms with E-state index in [0.717, 1.165) is 19.4 Å². The van der Waals surface area contributed by atoms with Gasteiger partial charge in [0, 0.05) is 26.0 Å². The van der Waals surface area contributed by atoms with Crippen LogP contribution in [-0.4, -0.2) is 35.8 Å². The van der Waals surface area contributed by atoms with Crippen molar-refractivity contribution < 1.29 is 14.6 Å². The first-order chi connectivity index (χ1) is 8.25. The second-order valence-corrected chi connectivity index (χ2v) is 3.60. The number of aromatic nitrogens is 1. The molecule has 2 N–H and O–H groups in total. The molecule has 0 amide bonds. The van der Waals surface area contributed by atoms with Crippen LogP contribution in [0.2, 0.25) is 0 Å². The quantitative estimate of drug-likeness (QED) is 0.678. The van der Waals surface area contributed by atoms with E-state index in [-0.39, 0.29) is 5.56 Å². The number of aromatic carboxylic acids is 1. The van der Waals surface area contributed by atoms with Gasteiger partial charge in [-0.15, -0.1) is 0 Å². The van der Waals surface area contributed by atoms with Crippen LogP contribution in [0, 0.1) is 0 Å². The minimum atomic E-state index is -0.970. The van der Waals surface area contributed by atoms with Crippen molar-refractivity contribution in [2.75, 3.05) is 25.1 Å². The van der Waals surface area contributed by atoms with Crippen LogP contribution in [0.4, 0.5) is 5.82 Å². The van der Waals surface area contributed by atoms with Gasteiger partial charge in [0.15, 0.2) is 0 Å². The number of pyridine rings is 1. The molecule has 0 radical (unpaired) electrons. The summed E-state index contributed by atoms with van der Waals surface area (Å²) in [4.78, 5) is 14.9. The summed E-state index contributed by atoms with van der Waals surface area (Å²) in [7, 11) is 0. The number of hydrogen-bond donors (Lipinski definition) is 2. The second kappa shape index (κ2) is 7.62. The molecule has 17 heavy (non-hydrogen) atoms. The molecule has 5 nitrogen and oxygen atoms in total. The predicted octanol–water partition coefficient (Wildman–Crippen LogP) is 2.01. The molecule has 0 aliphatic rings. The van der Waals surface area contributed by atoms with E-state index in [9.17, 15) is 4.79 Å². The summed E-state index contributed by atoms with van der Waals surface area (Å²) in [6.07, 6.45) is 3.41. The molecule has 1 aromatic heterocycles. The van der Waals surface area contributed by atoms with Gasteiger partial charge in [0.1, 0.15) is 11.4 Å². The summed E-state index contributed by atoms with van der Waals surface area (Å²) in [6.45, 7) is 4.16. The maximum Gasteiger partial charge on any atom is 0.339 e. The van der Waals surface area contributed by atoms with E-state index in [0.29, 0.717) is 19.0 Å². The second-order valence-electron chi connectivity index (χ2n) is 3.60. The van der Waals surface area contributed by atoms with E-state index < -0.39 is 5.97 Å². The summed E-state index contributed by atoms with van der Waals surface area (Å²) < 4.78 is 5.32. The molecule has 94 valence electrons. The normalized spacial score (nSPS) is 10.2. The third-order valence-electron chi connectivity index (χ3n) is 2.14. The smallest absolute Gasteiger partial charge is 0.339 e. The van der Waals surface area contributed by atoms with Gasteiger partial charge < -0.3 is 15.2 Å². The Balaban J connectivity index is 2.34. The molecule has 5 heteroatoms. The van der Waals surface area contributed by atoms with Crippen LogP contribution in [0.5, 0.6) is 0 Å². The van der Waals surface area contributed by atoms with Crippen molar-refractivity contribution in [1.82, 2.24) is 4.98 Å². The number of nitrogens with zero attached hydrogens (tertiary/aromatic N) is 1. The predicted molar refractivity (Wildman–Crippen MR) is 65.4 cm³/mol. The van der Waals surface area contributed by atoms with E-state index >= 15 is 0 Å². The summed E-state index contributed by atoms with van der Waals surface area (Å²) in [6, 6.07) is 3.14. The van der Waals surface area contributed by atoms with E-state index in [4.69, 9.17) is 9.84 Å². The fourth-order valence-corrected chi connectivity index (χ4v) is 1.35. The molecular weight excluding hydrogens is 220 g/mol. The fourth-order valence-electron chi connectivity index (χ4n) is 1.35. The fraction of sp³-hybridized carbons (Fsp3) is 0.500. The Bertz CT molecular complexity index is 355. The van der Waals surface area contributed by atoms with Gasteiger partial charge in [0.2, 0.25) is 0 Å². The number of carbonyl (C=O) groups is 1. The average Bonchev–Trinajstić information content (AvgIpc) is 2.34.